The zero-order valence-corrected chi connectivity index (χ0v) is 16.8. The van der Waals surface area contributed by atoms with Crippen LogP contribution in [0, 0.1) is 0 Å². The van der Waals surface area contributed by atoms with Crippen molar-refractivity contribution in [2.45, 2.75) is 13.0 Å². The van der Waals surface area contributed by atoms with Crippen molar-refractivity contribution in [1.29, 1.82) is 0 Å². The summed E-state index contributed by atoms with van der Waals surface area (Å²) < 4.78 is 12.1. The third-order valence-corrected chi connectivity index (χ3v) is 5.22. The maximum Gasteiger partial charge on any atom is 0.255 e. The lowest BCUT2D eigenvalue weighted by Gasteiger charge is -2.37. The highest BCUT2D eigenvalue weighted by Crippen LogP contribution is 2.33. The quantitative estimate of drug-likeness (QED) is 0.739. The molecule has 0 spiro atoms. The van der Waals surface area contributed by atoms with Gasteiger partial charge in [-0.25, -0.2) is 0 Å². The van der Waals surface area contributed by atoms with Crippen LogP contribution < -0.4 is 14.4 Å². The van der Waals surface area contributed by atoms with Gasteiger partial charge in [0.25, 0.3) is 5.91 Å². The van der Waals surface area contributed by atoms with Crippen molar-refractivity contribution in [3.8, 4) is 11.5 Å². The number of rotatable bonds is 5. The maximum absolute atomic E-state index is 12.9. The molecule has 3 rings (SSSR count). The van der Waals surface area contributed by atoms with Gasteiger partial charge < -0.3 is 19.3 Å². The number of nitrogens with zero attached hydrogens (tertiary/aromatic N) is 2. The van der Waals surface area contributed by atoms with E-state index >= 15 is 0 Å². The molecule has 1 aliphatic rings. The summed E-state index contributed by atoms with van der Waals surface area (Å²) in [6, 6.07) is 13.4. The summed E-state index contributed by atoms with van der Waals surface area (Å²) in [5.41, 5.74) is 1.69. The first-order valence-electron chi connectivity index (χ1n) is 8.63. The molecule has 0 aliphatic carbocycles. The lowest BCUT2D eigenvalue weighted by molar-refractivity contribution is 0.0708. The van der Waals surface area contributed by atoms with Crippen LogP contribution in [0.2, 0.25) is 0 Å². The summed E-state index contributed by atoms with van der Waals surface area (Å²) >= 11 is 3.45. The minimum atomic E-state index is -0.0804. The van der Waals surface area contributed by atoms with E-state index in [1.165, 1.54) is 0 Å². The molecular formula is C20H23BrN2O3. The van der Waals surface area contributed by atoms with Gasteiger partial charge in [-0.05, 0) is 53.2 Å². The fourth-order valence-electron chi connectivity index (χ4n) is 3.16. The van der Waals surface area contributed by atoms with Crippen LogP contribution in [0.5, 0.6) is 11.5 Å². The predicted octanol–water partition coefficient (Wildman–Crippen LogP) is 3.82. The molecular weight excluding hydrogens is 396 g/mol. The van der Waals surface area contributed by atoms with Gasteiger partial charge in [-0.15, -0.1) is 0 Å². The van der Waals surface area contributed by atoms with Crippen molar-refractivity contribution in [3.05, 3.63) is 52.5 Å². The van der Waals surface area contributed by atoms with E-state index in [1.807, 2.05) is 30.3 Å². The van der Waals surface area contributed by atoms with E-state index in [4.69, 9.17) is 9.47 Å². The summed E-state index contributed by atoms with van der Waals surface area (Å²) in [5, 5.41) is 0. The molecule has 6 heteroatoms. The zero-order valence-electron chi connectivity index (χ0n) is 15.2. The van der Waals surface area contributed by atoms with Crippen LogP contribution in [0.4, 0.5) is 5.69 Å². The first-order valence-corrected chi connectivity index (χ1v) is 9.42. The van der Waals surface area contributed by atoms with Gasteiger partial charge in [0.1, 0.15) is 17.6 Å². The Morgan fingerprint density at radius 3 is 2.85 bits per heavy atom. The lowest BCUT2D eigenvalue weighted by Crippen LogP contribution is -2.46. The number of benzene rings is 2. The third-order valence-electron chi connectivity index (χ3n) is 4.53. The number of methoxy groups -OCH3 is 1. The largest absolute Gasteiger partial charge is 0.497 e. The van der Waals surface area contributed by atoms with Crippen molar-refractivity contribution in [2.24, 2.45) is 0 Å². The lowest BCUT2D eigenvalue weighted by atomic mass is 10.1. The van der Waals surface area contributed by atoms with Crippen molar-refractivity contribution in [3.63, 3.8) is 0 Å². The Hall–Kier alpha value is -2.21. The molecule has 138 valence electrons. The van der Waals surface area contributed by atoms with Crippen molar-refractivity contribution in [2.75, 3.05) is 38.7 Å². The van der Waals surface area contributed by atoms with E-state index in [2.05, 4.69) is 33.8 Å². The maximum atomic E-state index is 12.9. The van der Waals surface area contributed by atoms with Crippen LogP contribution in [0.3, 0.4) is 0 Å². The summed E-state index contributed by atoms with van der Waals surface area (Å²) in [5.74, 6) is 1.46. The number of para-hydroxylation sites is 2. The van der Waals surface area contributed by atoms with Crippen molar-refractivity contribution >= 4 is 27.5 Å². The number of fused-ring (bicyclic) bond motifs is 1. The molecule has 0 saturated carbocycles. The second-order valence-corrected chi connectivity index (χ2v) is 7.13. The van der Waals surface area contributed by atoms with E-state index in [-0.39, 0.29) is 12.0 Å². The molecule has 5 nitrogen and oxygen atoms in total. The fourth-order valence-corrected chi connectivity index (χ4v) is 3.58. The molecule has 0 saturated heterocycles. The molecule has 1 heterocycles. The molecule has 0 aromatic heterocycles. The van der Waals surface area contributed by atoms with Crippen LogP contribution in [0.25, 0.3) is 0 Å². The monoisotopic (exact) mass is 418 g/mol. The minimum Gasteiger partial charge on any atom is -0.497 e. The van der Waals surface area contributed by atoms with Gasteiger partial charge in [0.15, 0.2) is 0 Å². The molecule has 0 unspecified atom stereocenters. The van der Waals surface area contributed by atoms with Gasteiger partial charge >= 0.3 is 0 Å². The van der Waals surface area contributed by atoms with Crippen molar-refractivity contribution in [1.82, 2.24) is 4.90 Å². The number of carbonyl (C=O) groups is 1. The summed E-state index contributed by atoms with van der Waals surface area (Å²) in [7, 11) is 3.39. The predicted molar refractivity (Wildman–Crippen MR) is 106 cm³/mol. The molecule has 1 aliphatic heterocycles. The van der Waals surface area contributed by atoms with E-state index in [0.717, 1.165) is 29.0 Å². The van der Waals surface area contributed by atoms with E-state index in [1.54, 1.807) is 25.1 Å². The SMILES string of the molecule is CCN1C[C@@H](CN(C)C(=O)c2cc(OC)ccc2Br)Oc2ccccc21. The Morgan fingerprint density at radius 2 is 2.12 bits per heavy atom. The molecule has 2 aromatic carbocycles. The molecule has 0 radical (unpaired) electrons. The second-order valence-electron chi connectivity index (χ2n) is 6.28. The van der Waals surface area contributed by atoms with Crippen LogP contribution in [0.1, 0.15) is 17.3 Å². The molecule has 2 aromatic rings. The normalized spacial score (nSPS) is 15.8. The first-order chi connectivity index (χ1) is 12.5. The first kappa shape index (κ1) is 18.6. The van der Waals surface area contributed by atoms with Gasteiger partial charge in [-0.2, -0.15) is 0 Å². The molecule has 1 atom stereocenters. The van der Waals surface area contributed by atoms with Crippen LogP contribution >= 0.6 is 15.9 Å². The van der Waals surface area contributed by atoms with Gasteiger partial charge in [0.05, 0.1) is 31.5 Å². The van der Waals surface area contributed by atoms with Gasteiger partial charge in [-0.3, -0.25) is 4.79 Å². The number of anilines is 1. The summed E-state index contributed by atoms with van der Waals surface area (Å²) in [6.45, 7) is 4.29. The number of hydrogen-bond donors (Lipinski definition) is 0. The van der Waals surface area contributed by atoms with Crippen LogP contribution in [0.15, 0.2) is 46.9 Å². The molecule has 1 amide bonds. The number of halogens is 1. The Kier molecular flexibility index (Phi) is 5.71. The minimum absolute atomic E-state index is 0.0683. The van der Waals surface area contributed by atoms with E-state index in [9.17, 15) is 4.79 Å². The Balaban J connectivity index is 1.74. The molecule has 0 fully saturated rings. The highest BCUT2D eigenvalue weighted by molar-refractivity contribution is 9.10. The topological polar surface area (TPSA) is 42.0 Å². The van der Waals surface area contributed by atoms with Crippen molar-refractivity contribution < 1.29 is 14.3 Å². The highest BCUT2D eigenvalue weighted by Gasteiger charge is 2.27. The Bertz CT molecular complexity index is 796. The Morgan fingerprint density at radius 1 is 1.35 bits per heavy atom. The average molecular weight is 419 g/mol. The van der Waals surface area contributed by atoms with E-state index in [0.29, 0.717) is 17.9 Å². The standard InChI is InChI=1S/C20H23BrN2O3/c1-4-23-13-15(26-19-8-6-5-7-18(19)23)12-22(2)20(24)16-11-14(25-3)9-10-17(16)21/h5-11,15H,4,12-13H2,1-3H3/t15-/m1/s1. The molecule has 0 bridgehead atoms. The fraction of sp³-hybridized carbons (Fsp3) is 0.350. The van der Waals surface area contributed by atoms with Gasteiger partial charge in [0.2, 0.25) is 0 Å². The van der Waals surface area contributed by atoms with E-state index < -0.39 is 0 Å². The molecule has 26 heavy (non-hydrogen) atoms. The number of hydrogen-bond acceptors (Lipinski definition) is 4. The summed E-state index contributed by atoms with van der Waals surface area (Å²) in [6.07, 6.45) is -0.0804. The second kappa shape index (κ2) is 7.99. The highest BCUT2D eigenvalue weighted by atomic mass is 79.9. The molecule has 0 N–H and O–H groups in total. The number of carbonyl (C=O) groups excluding carboxylic acids is 1. The summed E-state index contributed by atoms with van der Waals surface area (Å²) in [4.78, 5) is 16.9. The van der Waals surface area contributed by atoms with Gasteiger partial charge in [0, 0.05) is 18.1 Å². The number of ether oxygens (including phenoxy) is 2. The van der Waals surface area contributed by atoms with Crippen LogP contribution in [-0.4, -0.2) is 50.7 Å². The average Bonchev–Trinajstić information content (AvgIpc) is 2.67. The number of amides is 1. The third kappa shape index (κ3) is 3.80. The Labute approximate surface area is 162 Å². The smallest absolute Gasteiger partial charge is 0.255 e. The van der Waals surface area contributed by atoms with Gasteiger partial charge in [-0.1, -0.05) is 12.1 Å². The number of likely N-dealkylation sites (N-methyl/N-ethyl adjacent to an activating group) is 2. The van der Waals surface area contributed by atoms with Crippen LogP contribution in [-0.2, 0) is 0 Å². The zero-order chi connectivity index (χ0) is 18.7.